The van der Waals surface area contributed by atoms with E-state index >= 15 is 0 Å². The molecule has 40 heavy (non-hydrogen) atoms. The Balaban J connectivity index is 1.49. The van der Waals surface area contributed by atoms with E-state index in [2.05, 4.69) is 5.32 Å². The predicted octanol–water partition coefficient (Wildman–Crippen LogP) is 2.99. The molecule has 10 nitrogen and oxygen atoms in total. The molecule has 5 atom stereocenters. The minimum atomic E-state index is -3.94. The molecule has 0 aromatic heterocycles. The highest BCUT2D eigenvalue weighted by molar-refractivity contribution is 7.89. The lowest BCUT2D eigenvalue weighted by molar-refractivity contribution is -0.124. The summed E-state index contributed by atoms with van der Waals surface area (Å²) in [4.78, 5) is 13.1. The Morgan fingerprint density at radius 3 is 2.23 bits per heavy atom. The van der Waals surface area contributed by atoms with Crippen LogP contribution in [0.5, 0.6) is 5.75 Å². The maximum absolute atomic E-state index is 13.6. The average Bonchev–Trinajstić information content (AvgIpc) is 3.34. The van der Waals surface area contributed by atoms with Gasteiger partial charge in [-0.2, -0.15) is 4.31 Å². The molecular weight excluding hydrogens is 536 g/mol. The molecule has 2 aromatic rings. The van der Waals surface area contributed by atoms with E-state index < -0.39 is 28.3 Å². The van der Waals surface area contributed by atoms with Crippen LogP contribution in [0.25, 0.3) is 0 Å². The Bertz CT molecular complexity index is 1180. The van der Waals surface area contributed by atoms with Gasteiger partial charge in [-0.15, -0.1) is 0 Å². The number of amides is 1. The summed E-state index contributed by atoms with van der Waals surface area (Å²) in [5.74, 6) is 0.542. The van der Waals surface area contributed by atoms with Crippen molar-refractivity contribution in [1.29, 1.82) is 0 Å². The van der Waals surface area contributed by atoms with Gasteiger partial charge in [0.15, 0.2) is 0 Å². The molecule has 1 unspecified atom stereocenters. The monoisotopic (exact) mass is 576 g/mol. The van der Waals surface area contributed by atoms with E-state index in [1.165, 1.54) is 23.5 Å². The van der Waals surface area contributed by atoms with Crippen molar-refractivity contribution in [3.05, 3.63) is 60.2 Å². The smallest absolute Gasteiger partial charge is 0.407 e. The Morgan fingerprint density at radius 1 is 1.02 bits per heavy atom. The van der Waals surface area contributed by atoms with Gasteiger partial charge in [0.2, 0.25) is 10.0 Å². The van der Waals surface area contributed by atoms with E-state index in [9.17, 15) is 18.3 Å². The van der Waals surface area contributed by atoms with E-state index in [1.807, 2.05) is 44.2 Å². The topological polar surface area (TPSA) is 124 Å². The van der Waals surface area contributed by atoms with E-state index in [0.717, 1.165) is 5.56 Å². The lowest BCUT2D eigenvalue weighted by Gasteiger charge is -2.30. The van der Waals surface area contributed by atoms with Crippen LogP contribution in [0.15, 0.2) is 59.5 Å². The number of nitrogens with one attached hydrogen (secondary N) is 1. The minimum Gasteiger partial charge on any atom is -0.497 e. The van der Waals surface area contributed by atoms with Crippen molar-refractivity contribution >= 4 is 16.1 Å². The maximum atomic E-state index is 13.6. The summed E-state index contributed by atoms with van der Waals surface area (Å²) in [6, 6.07) is 14.7. The van der Waals surface area contributed by atoms with Crippen LogP contribution in [0.2, 0.25) is 0 Å². The third kappa shape index (κ3) is 7.94. The molecule has 220 valence electrons. The number of methoxy groups -OCH3 is 1. The molecule has 2 aliphatic rings. The van der Waals surface area contributed by atoms with Crippen molar-refractivity contribution < 1.29 is 37.3 Å². The number of aliphatic hydroxyl groups excluding tert-OH is 1. The first-order valence-electron chi connectivity index (χ1n) is 13.7. The Morgan fingerprint density at radius 2 is 1.65 bits per heavy atom. The number of hydrogen-bond donors (Lipinski definition) is 2. The Hall–Kier alpha value is -2.70. The molecular formula is C29H40N2O8S. The van der Waals surface area contributed by atoms with Crippen LogP contribution < -0.4 is 10.1 Å². The number of fused-ring (bicyclic) bond motifs is 1. The van der Waals surface area contributed by atoms with Crippen LogP contribution in [0, 0.1) is 5.92 Å². The third-order valence-electron chi connectivity index (χ3n) is 7.15. The molecule has 1 aliphatic heterocycles. The molecule has 0 bridgehead atoms. The van der Waals surface area contributed by atoms with E-state index in [4.69, 9.17) is 18.9 Å². The van der Waals surface area contributed by atoms with Crippen molar-refractivity contribution in [2.24, 2.45) is 5.92 Å². The Kier molecular flexibility index (Phi) is 10.4. The molecule has 0 radical (unpaired) electrons. The van der Waals surface area contributed by atoms with Gasteiger partial charge < -0.3 is 29.4 Å². The fraction of sp³-hybridized carbons (Fsp3) is 0.552. The second-order valence-corrected chi connectivity index (χ2v) is 12.7. The lowest BCUT2D eigenvalue weighted by Crippen LogP contribution is -2.51. The standard InChI is InChI=1S/C29H40N2O8S/c1-20(2)18-31(40(34,35)24-11-9-22(36-3)10-12-24)19-26(32)25(15-21-7-5-4-6-8-21)30-29(33)39-23-16-27-28(17-23)38-14-13-37-27/h4-12,20,23,25-28,32H,13-19H2,1-3H3,(H,30,33)/t23?,25-,26+,27-,28+/m0/s1. The van der Waals surface area contributed by atoms with E-state index in [0.29, 0.717) is 31.8 Å². The summed E-state index contributed by atoms with van der Waals surface area (Å²) in [5, 5.41) is 14.2. The number of benzene rings is 2. The molecule has 2 aromatic carbocycles. The van der Waals surface area contributed by atoms with E-state index in [1.54, 1.807) is 12.1 Å². The first-order valence-corrected chi connectivity index (χ1v) is 15.2. The van der Waals surface area contributed by atoms with Crippen molar-refractivity contribution in [3.63, 3.8) is 0 Å². The molecule has 1 amide bonds. The van der Waals surface area contributed by atoms with Gasteiger partial charge in [0.05, 0.1) is 49.6 Å². The average molecular weight is 577 g/mol. The highest BCUT2D eigenvalue weighted by Gasteiger charge is 2.40. The number of hydrogen-bond acceptors (Lipinski definition) is 8. The van der Waals surface area contributed by atoms with Gasteiger partial charge >= 0.3 is 6.09 Å². The quantitative estimate of drug-likeness (QED) is 0.395. The SMILES string of the molecule is COc1ccc(S(=O)(=O)N(CC(C)C)C[C@@H](O)[C@H](Cc2ccccc2)NC(=O)OC2C[C@@H]3OCCO[C@@H]3C2)cc1. The fourth-order valence-electron chi connectivity index (χ4n) is 5.16. The van der Waals surface area contributed by atoms with Crippen LogP contribution in [-0.2, 0) is 30.7 Å². The van der Waals surface area contributed by atoms with Gasteiger partial charge in [-0.1, -0.05) is 44.2 Å². The van der Waals surface area contributed by atoms with Gasteiger partial charge in [-0.25, -0.2) is 13.2 Å². The summed E-state index contributed by atoms with van der Waals surface area (Å²) in [6.45, 7) is 4.85. The summed E-state index contributed by atoms with van der Waals surface area (Å²) in [5.41, 5.74) is 0.883. The molecule has 2 fully saturated rings. The van der Waals surface area contributed by atoms with Crippen LogP contribution >= 0.6 is 0 Å². The minimum absolute atomic E-state index is 0.000980. The fourth-order valence-corrected chi connectivity index (χ4v) is 6.78. The predicted molar refractivity (Wildman–Crippen MR) is 149 cm³/mol. The summed E-state index contributed by atoms with van der Waals surface area (Å²) in [7, 11) is -2.42. The molecule has 4 rings (SSSR count). The molecule has 0 spiro atoms. The molecule has 2 N–H and O–H groups in total. The molecule has 11 heteroatoms. The number of rotatable bonds is 12. The van der Waals surface area contributed by atoms with Crippen LogP contribution in [0.3, 0.4) is 0 Å². The number of carbonyl (C=O) groups excluding carboxylic acids is 1. The molecule has 1 aliphatic carbocycles. The molecule has 1 saturated heterocycles. The highest BCUT2D eigenvalue weighted by atomic mass is 32.2. The van der Waals surface area contributed by atoms with Gasteiger partial charge in [0.1, 0.15) is 11.9 Å². The van der Waals surface area contributed by atoms with Gasteiger partial charge in [-0.3, -0.25) is 0 Å². The van der Waals surface area contributed by atoms with E-state index in [-0.39, 0.29) is 48.6 Å². The number of nitrogens with zero attached hydrogens (tertiary/aromatic N) is 1. The first-order chi connectivity index (χ1) is 19.2. The molecule has 1 heterocycles. The largest absolute Gasteiger partial charge is 0.497 e. The van der Waals surface area contributed by atoms with Crippen molar-refractivity contribution in [2.45, 2.75) is 68.5 Å². The van der Waals surface area contributed by atoms with Gasteiger partial charge in [0.25, 0.3) is 0 Å². The second-order valence-electron chi connectivity index (χ2n) is 10.7. The summed E-state index contributed by atoms with van der Waals surface area (Å²) in [6.07, 6.45) is -1.05. The second kappa shape index (κ2) is 13.8. The number of aliphatic hydroxyl groups is 1. The molecule has 1 saturated carbocycles. The summed E-state index contributed by atoms with van der Waals surface area (Å²) >= 11 is 0. The van der Waals surface area contributed by atoms with Crippen molar-refractivity contribution in [2.75, 3.05) is 33.4 Å². The van der Waals surface area contributed by atoms with Gasteiger partial charge in [-0.05, 0) is 42.2 Å². The number of alkyl carbamates (subject to hydrolysis) is 1. The van der Waals surface area contributed by atoms with Crippen LogP contribution in [0.4, 0.5) is 4.79 Å². The van der Waals surface area contributed by atoms with Gasteiger partial charge in [0, 0.05) is 25.9 Å². The zero-order chi connectivity index (χ0) is 28.7. The lowest BCUT2D eigenvalue weighted by atomic mass is 10.0. The van der Waals surface area contributed by atoms with Crippen molar-refractivity contribution in [3.8, 4) is 5.75 Å². The Labute approximate surface area is 236 Å². The summed E-state index contributed by atoms with van der Waals surface area (Å²) < 4.78 is 50.8. The van der Waals surface area contributed by atoms with Crippen LogP contribution in [-0.4, -0.2) is 87.8 Å². The number of ether oxygens (including phenoxy) is 4. The first kappa shape index (κ1) is 30.3. The highest BCUT2D eigenvalue weighted by Crippen LogP contribution is 2.30. The van der Waals surface area contributed by atoms with Crippen molar-refractivity contribution in [1.82, 2.24) is 9.62 Å². The number of carbonyl (C=O) groups is 1. The normalized spacial score (nSPS) is 22.5. The zero-order valence-corrected chi connectivity index (χ0v) is 24.1. The number of sulfonamides is 1. The maximum Gasteiger partial charge on any atom is 0.407 e. The third-order valence-corrected chi connectivity index (χ3v) is 8.99. The van der Waals surface area contributed by atoms with Crippen LogP contribution in [0.1, 0.15) is 32.3 Å². The zero-order valence-electron chi connectivity index (χ0n) is 23.3.